The summed E-state index contributed by atoms with van der Waals surface area (Å²) in [7, 11) is 0. The molecule has 148 valence electrons. The molecular weight excluding hydrogens is 370 g/mol. The van der Waals surface area contributed by atoms with E-state index in [1.165, 1.54) is 0 Å². The Hall–Kier alpha value is -3.39. The number of H-pyrrole nitrogens is 1. The van der Waals surface area contributed by atoms with Gasteiger partial charge in [0.1, 0.15) is 0 Å². The first-order chi connectivity index (χ1) is 14.1. The molecule has 1 aromatic heterocycles. The Morgan fingerprint density at radius 3 is 2.45 bits per heavy atom. The molecule has 8 heteroatoms. The number of Topliss-reactive ketones (excluding diaryl/α,β-unsaturated/α-hetero) is 1. The summed E-state index contributed by atoms with van der Waals surface area (Å²) < 4.78 is 0. The Labute approximate surface area is 167 Å². The van der Waals surface area contributed by atoms with Crippen molar-refractivity contribution >= 4 is 11.7 Å². The lowest BCUT2D eigenvalue weighted by molar-refractivity contribution is -0.141. The number of carbonyl (C=O) groups excluding carboxylic acids is 2. The second kappa shape index (κ2) is 7.92. The van der Waals surface area contributed by atoms with Crippen molar-refractivity contribution in [3.05, 3.63) is 65.7 Å². The number of aliphatic hydroxyl groups excluding tert-OH is 1. The third-order valence-corrected chi connectivity index (χ3v) is 5.31. The van der Waals surface area contributed by atoms with Crippen LogP contribution >= 0.6 is 0 Å². The lowest BCUT2D eigenvalue weighted by Gasteiger charge is -2.29. The maximum atomic E-state index is 12.7. The Bertz CT molecular complexity index is 987. The first-order valence-electron chi connectivity index (χ1n) is 9.47. The van der Waals surface area contributed by atoms with E-state index in [9.17, 15) is 14.7 Å². The van der Waals surface area contributed by atoms with E-state index >= 15 is 0 Å². The van der Waals surface area contributed by atoms with E-state index in [0.29, 0.717) is 18.8 Å². The van der Waals surface area contributed by atoms with Gasteiger partial charge in [0.15, 0.2) is 0 Å². The van der Waals surface area contributed by atoms with Gasteiger partial charge in [-0.05, 0) is 29.7 Å². The molecule has 8 nitrogen and oxygen atoms in total. The number of carbonyl (C=O) groups is 2. The molecule has 0 saturated carbocycles. The zero-order valence-electron chi connectivity index (χ0n) is 15.9. The van der Waals surface area contributed by atoms with Crippen LogP contribution in [-0.2, 0) is 16.0 Å². The molecule has 2 heterocycles. The average Bonchev–Trinajstić information content (AvgIpc) is 3.35. The number of amides is 1. The number of tetrazole rings is 1. The van der Waals surface area contributed by atoms with Gasteiger partial charge in [0.25, 0.3) is 5.91 Å². The van der Waals surface area contributed by atoms with E-state index in [1.54, 1.807) is 11.8 Å². The summed E-state index contributed by atoms with van der Waals surface area (Å²) in [5.41, 5.74) is 2.64. The number of rotatable bonds is 6. The summed E-state index contributed by atoms with van der Waals surface area (Å²) in [6.07, 6.45) is -0.306. The first-order valence-corrected chi connectivity index (χ1v) is 9.47. The number of ketones is 1. The summed E-state index contributed by atoms with van der Waals surface area (Å²) in [6, 6.07) is 16.6. The summed E-state index contributed by atoms with van der Waals surface area (Å²) in [4.78, 5) is 26.9. The molecule has 2 aromatic carbocycles. The van der Waals surface area contributed by atoms with Gasteiger partial charge in [-0.3, -0.25) is 9.59 Å². The molecular formula is C21H21N5O3. The fourth-order valence-corrected chi connectivity index (χ4v) is 3.87. The zero-order valence-corrected chi connectivity index (χ0v) is 15.9. The Kier molecular flexibility index (Phi) is 5.18. The highest BCUT2D eigenvalue weighted by atomic mass is 16.3. The third kappa shape index (κ3) is 3.66. The molecule has 1 aliphatic heterocycles. The standard InChI is InChI=1S/C21H21N5O3/c1-13(27)17-18(15-7-9-16(10-8-15)20-22-24-25-23-20)26(21(29)19(17)28)12-11-14-5-3-2-4-6-14/h2-10,13,17-18,27H,11-12H2,1H3,(H,22,23,24,25). The van der Waals surface area contributed by atoms with E-state index in [2.05, 4.69) is 20.6 Å². The molecule has 3 atom stereocenters. The van der Waals surface area contributed by atoms with E-state index in [4.69, 9.17) is 0 Å². The van der Waals surface area contributed by atoms with Gasteiger partial charge < -0.3 is 10.0 Å². The summed E-state index contributed by atoms with van der Waals surface area (Å²) in [5.74, 6) is -1.42. The van der Waals surface area contributed by atoms with Crippen LogP contribution in [-0.4, -0.2) is 55.0 Å². The van der Waals surface area contributed by atoms with Crippen molar-refractivity contribution < 1.29 is 14.7 Å². The summed E-state index contributed by atoms with van der Waals surface area (Å²) in [6.45, 7) is 1.95. The molecule has 1 fully saturated rings. The minimum atomic E-state index is -0.935. The molecule has 2 N–H and O–H groups in total. The number of nitrogens with one attached hydrogen (secondary N) is 1. The predicted molar refractivity (Wildman–Crippen MR) is 104 cm³/mol. The average molecular weight is 391 g/mol. The number of hydrogen-bond acceptors (Lipinski definition) is 6. The van der Waals surface area contributed by atoms with Gasteiger partial charge >= 0.3 is 0 Å². The lowest BCUT2D eigenvalue weighted by Crippen LogP contribution is -2.32. The highest BCUT2D eigenvalue weighted by molar-refractivity contribution is 6.39. The van der Waals surface area contributed by atoms with Crippen LogP contribution in [0.15, 0.2) is 54.6 Å². The molecule has 0 radical (unpaired) electrons. The van der Waals surface area contributed by atoms with Crippen LogP contribution in [0.4, 0.5) is 0 Å². The fourth-order valence-electron chi connectivity index (χ4n) is 3.87. The topological polar surface area (TPSA) is 112 Å². The minimum Gasteiger partial charge on any atom is -0.393 e. The largest absolute Gasteiger partial charge is 0.393 e. The molecule has 0 bridgehead atoms. The second-order valence-electron chi connectivity index (χ2n) is 7.17. The smallest absolute Gasteiger partial charge is 0.290 e. The van der Waals surface area contributed by atoms with Crippen molar-refractivity contribution in [1.82, 2.24) is 25.5 Å². The molecule has 1 amide bonds. The fraction of sp³-hybridized carbons (Fsp3) is 0.286. The van der Waals surface area contributed by atoms with Crippen molar-refractivity contribution in [3.63, 3.8) is 0 Å². The van der Waals surface area contributed by atoms with Crippen LogP contribution in [0.5, 0.6) is 0 Å². The van der Waals surface area contributed by atoms with Gasteiger partial charge in [-0.1, -0.05) is 54.6 Å². The van der Waals surface area contributed by atoms with Crippen molar-refractivity contribution in [2.24, 2.45) is 5.92 Å². The molecule has 0 aliphatic carbocycles. The van der Waals surface area contributed by atoms with Crippen molar-refractivity contribution in [2.75, 3.05) is 6.54 Å². The number of nitrogens with zero attached hydrogens (tertiary/aromatic N) is 4. The van der Waals surface area contributed by atoms with E-state index < -0.39 is 29.8 Å². The summed E-state index contributed by atoms with van der Waals surface area (Å²) in [5, 5.41) is 24.1. The van der Waals surface area contributed by atoms with E-state index in [0.717, 1.165) is 16.7 Å². The van der Waals surface area contributed by atoms with Gasteiger partial charge in [0.05, 0.1) is 18.1 Å². The van der Waals surface area contributed by atoms with Crippen LogP contribution < -0.4 is 0 Å². The lowest BCUT2D eigenvalue weighted by atomic mass is 9.88. The maximum Gasteiger partial charge on any atom is 0.290 e. The van der Waals surface area contributed by atoms with Crippen molar-refractivity contribution in [1.29, 1.82) is 0 Å². The Balaban J connectivity index is 1.63. The van der Waals surface area contributed by atoms with Crippen molar-refractivity contribution in [2.45, 2.75) is 25.5 Å². The van der Waals surface area contributed by atoms with Gasteiger partial charge in [-0.2, -0.15) is 5.21 Å². The molecule has 3 unspecified atom stereocenters. The van der Waals surface area contributed by atoms with Crippen LogP contribution in [0.25, 0.3) is 11.4 Å². The molecule has 29 heavy (non-hydrogen) atoms. The molecule has 1 aliphatic rings. The predicted octanol–water partition coefficient (Wildman–Crippen LogP) is 1.56. The molecule has 3 aromatic rings. The number of likely N-dealkylation sites (tertiary alicyclic amines) is 1. The second-order valence-corrected chi connectivity index (χ2v) is 7.17. The normalized spacial score (nSPS) is 20.3. The first kappa shape index (κ1) is 18.9. The molecule has 1 saturated heterocycles. The number of hydrogen-bond donors (Lipinski definition) is 2. The van der Waals surface area contributed by atoms with Crippen LogP contribution in [0, 0.1) is 5.92 Å². The van der Waals surface area contributed by atoms with Gasteiger partial charge in [0, 0.05) is 12.1 Å². The number of aromatic nitrogens is 4. The van der Waals surface area contributed by atoms with E-state index in [-0.39, 0.29) is 0 Å². The van der Waals surface area contributed by atoms with Crippen LogP contribution in [0.2, 0.25) is 0 Å². The minimum absolute atomic E-state index is 0.398. The molecule has 4 rings (SSSR count). The zero-order chi connectivity index (χ0) is 20.4. The van der Waals surface area contributed by atoms with E-state index in [1.807, 2.05) is 54.6 Å². The Morgan fingerprint density at radius 1 is 1.10 bits per heavy atom. The third-order valence-electron chi connectivity index (χ3n) is 5.31. The van der Waals surface area contributed by atoms with Gasteiger partial charge in [-0.15, -0.1) is 10.2 Å². The number of benzene rings is 2. The number of aliphatic hydroxyl groups is 1. The van der Waals surface area contributed by atoms with Gasteiger partial charge in [0.2, 0.25) is 11.6 Å². The van der Waals surface area contributed by atoms with Crippen molar-refractivity contribution in [3.8, 4) is 11.4 Å². The maximum absolute atomic E-state index is 12.7. The number of aromatic amines is 1. The monoisotopic (exact) mass is 391 g/mol. The SMILES string of the molecule is CC(O)C1C(=O)C(=O)N(CCc2ccccc2)C1c1ccc(-c2nn[nH]n2)cc1. The van der Waals surface area contributed by atoms with Crippen LogP contribution in [0.1, 0.15) is 24.1 Å². The van der Waals surface area contributed by atoms with Gasteiger partial charge in [-0.25, -0.2) is 0 Å². The highest BCUT2D eigenvalue weighted by Crippen LogP contribution is 2.38. The summed E-state index contributed by atoms with van der Waals surface area (Å²) >= 11 is 0. The highest BCUT2D eigenvalue weighted by Gasteiger charge is 2.49. The molecule has 0 spiro atoms. The Morgan fingerprint density at radius 2 is 1.83 bits per heavy atom. The quantitative estimate of drug-likeness (QED) is 0.617. The van der Waals surface area contributed by atoms with Crippen LogP contribution in [0.3, 0.4) is 0 Å².